The summed E-state index contributed by atoms with van der Waals surface area (Å²) in [6.07, 6.45) is -10.6. The molecule has 3 heterocycles. The molecule has 4 aliphatic rings. The number of benzene rings is 1. The lowest BCUT2D eigenvalue weighted by atomic mass is 9.45. The molecule has 3 fully saturated rings. The number of rotatable bonds is 8. The van der Waals surface area contributed by atoms with Crippen molar-refractivity contribution < 1.29 is 86.1 Å². The number of fused-ring (bicyclic) bond motifs is 5. The number of carbonyl (C=O) groups is 8. The molecule has 4 bridgehead atoms. The Morgan fingerprint density at radius 3 is 1.97 bits per heavy atom. The second-order valence-corrected chi connectivity index (χ2v) is 16.4. The molecule has 0 amide bonds. The molecule has 62 heavy (non-hydrogen) atoms. The van der Waals surface area contributed by atoms with Crippen LogP contribution in [0.2, 0.25) is 0 Å². The third kappa shape index (κ3) is 7.76. The van der Waals surface area contributed by atoms with E-state index in [0.717, 1.165) is 41.5 Å². The van der Waals surface area contributed by atoms with Crippen molar-refractivity contribution in [3.8, 4) is 0 Å². The topological polar surface area (TPSA) is 253 Å². The van der Waals surface area contributed by atoms with Crippen LogP contribution in [0, 0.1) is 17.3 Å². The highest BCUT2D eigenvalue weighted by Crippen LogP contribution is 2.70. The monoisotopic (exact) mass is 867 g/mol. The minimum atomic E-state index is -2.86. The molecule has 1 aromatic heterocycles. The lowest BCUT2D eigenvalue weighted by molar-refractivity contribution is -0.386. The molecular formula is C43H49NO18. The molecule has 1 spiro atoms. The van der Waals surface area contributed by atoms with E-state index in [9.17, 15) is 43.5 Å². The van der Waals surface area contributed by atoms with Crippen molar-refractivity contribution in [2.45, 2.75) is 122 Å². The van der Waals surface area contributed by atoms with Crippen LogP contribution in [0.5, 0.6) is 0 Å². The zero-order chi connectivity index (χ0) is 45.5. The highest BCUT2D eigenvalue weighted by molar-refractivity contribution is 5.91. The summed E-state index contributed by atoms with van der Waals surface area (Å²) in [5.41, 5.74) is -10.1. The van der Waals surface area contributed by atoms with Crippen molar-refractivity contribution in [1.82, 2.24) is 4.98 Å². The Bertz CT molecular complexity index is 2140. The Kier molecular flexibility index (Phi) is 12.6. The van der Waals surface area contributed by atoms with Gasteiger partial charge in [-0.1, -0.05) is 25.1 Å². The number of carbonyl (C=O) groups excluding carboxylic acids is 8. The Hall–Kier alpha value is -5.95. The minimum Gasteiger partial charge on any atom is -0.465 e. The Balaban J connectivity index is 1.77. The van der Waals surface area contributed by atoms with Gasteiger partial charge in [-0.2, -0.15) is 0 Å². The second kappa shape index (κ2) is 17.1. The number of ether oxygens (including phenoxy) is 9. The number of hydrogen-bond acceptors (Lipinski definition) is 19. The first kappa shape index (κ1) is 45.6. The highest BCUT2D eigenvalue weighted by atomic mass is 16.7. The third-order valence-corrected chi connectivity index (χ3v) is 12.1. The number of pyridine rings is 1. The van der Waals surface area contributed by atoms with Crippen molar-refractivity contribution in [2.24, 2.45) is 17.3 Å². The van der Waals surface area contributed by atoms with E-state index in [-0.39, 0.29) is 29.7 Å². The highest BCUT2D eigenvalue weighted by Gasteiger charge is 2.92. The fraction of sp³-hybridized carbons (Fsp3) is 0.558. The van der Waals surface area contributed by atoms with Gasteiger partial charge in [0.25, 0.3) is 0 Å². The molecule has 2 aromatic rings. The van der Waals surface area contributed by atoms with E-state index in [1.54, 1.807) is 6.07 Å². The van der Waals surface area contributed by atoms with Crippen molar-refractivity contribution in [1.29, 1.82) is 0 Å². The van der Waals surface area contributed by atoms with Crippen LogP contribution < -0.4 is 0 Å². The standard InChI is InChI=1S/C43H49NO18/c1-21-16-17-29-28(15-12-18-44-29)39(52)55-19-40(7)30-31(56-23(3)46)35(58-25(5)48)42(20-54-22(2)45)36(59-26(6)49)32(60-38(51)27-13-10-9-11-14-27)34(61-37(21)50)41(8,53)43(42,62-40)33(30)57-24(4)47/h9-15,18,21,30-36,53H,16-17,19-20H2,1-8H3/t21-,30+,31+,32-,33?,34-,35+,36-,40-,41-,42-,43-/m0/s1. The van der Waals surface area contributed by atoms with E-state index in [4.69, 9.17) is 42.6 Å². The van der Waals surface area contributed by atoms with Crippen molar-refractivity contribution >= 4 is 47.8 Å². The van der Waals surface area contributed by atoms with E-state index >= 15 is 0 Å². The summed E-state index contributed by atoms with van der Waals surface area (Å²) < 4.78 is 55.3. The molecule has 19 heteroatoms. The molecule has 2 aliphatic carbocycles. The zero-order valence-corrected chi connectivity index (χ0v) is 35.4. The number of hydrogen-bond donors (Lipinski definition) is 1. The van der Waals surface area contributed by atoms with Gasteiger partial charge in [0, 0.05) is 40.8 Å². The maximum Gasteiger partial charge on any atom is 0.340 e. The lowest BCUT2D eigenvalue weighted by Crippen LogP contribution is -2.89. The molecule has 0 radical (unpaired) electrons. The van der Waals surface area contributed by atoms with Crippen LogP contribution in [-0.4, -0.2) is 124 Å². The summed E-state index contributed by atoms with van der Waals surface area (Å²) in [6.45, 7) is 7.16. The fourth-order valence-electron chi connectivity index (χ4n) is 9.73. The van der Waals surface area contributed by atoms with Crippen LogP contribution in [-0.2, 0) is 77.8 Å². The van der Waals surface area contributed by atoms with Crippen LogP contribution in [0.4, 0.5) is 0 Å². The molecule has 2 saturated carbocycles. The van der Waals surface area contributed by atoms with Crippen molar-refractivity contribution in [3.63, 3.8) is 0 Å². The van der Waals surface area contributed by atoms with Gasteiger partial charge in [-0.25, -0.2) is 9.59 Å². The fourth-order valence-corrected chi connectivity index (χ4v) is 9.73. The largest absolute Gasteiger partial charge is 0.465 e. The molecule has 19 nitrogen and oxygen atoms in total. The maximum absolute atomic E-state index is 14.4. The van der Waals surface area contributed by atoms with E-state index in [1.165, 1.54) is 56.4 Å². The number of aryl methyl sites for hydroxylation is 1. The molecule has 334 valence electrons. The zero-order valence-electron chi connectivity index (χ0n) is 35.4. The number of esters is 8. The van der Waals surface area contributed by atoms with Crippen molar-refractivity contribution in [2.75, 3.05) is 13.2 Å². The van der Waals surface area contributed by atoms with Crippen LogP contribution in [0.1, 0.15) is 88.2 Å². The van der Waals surface area contributed by atoms with E-state index in [2.05, 4.69) is 4.98 Å². The molecule has 1 saturated heterocycles. The average molecular weight is 868 g/mol. The van der Waals surface area contributed by atoms with Crippen LogP contribution in [0.15, 0.2) is 48.7 Å². The first-order chi connectivity index (χ1) is 29.1. The van der Waals surface area contributed by atoms with E-state index in [1.807, 2.05) is 0 Å². The second-order valence-electron chi connectivity index (χ2n) is 16.4. The number of aromatic nitrogens is 1. The Morgan fingerprint density at radius 1 is 0.774 bits per heavy atom. The van der Waals surface area contributed by atoms with Gasteiger partial charge in [0.2, 0.25) is 0 Å². The van der Waals surface area contributed by atoms with Crippen LogP contribution in [0.25, 0.3) is 0 Å². The molecule has 1 aromatic carbocycles. The first-order valence-corrected chi connectivity index (χ1v) is 19.9. The maximum atomic E-state index is 14.4. The van der Waals surface area contributed by atoms with Gasteiger partial charge in [-0.05, 0) is 51.0 Å². The summed E-state index contributed by atoms with van der Waals surface area (Å²) in [5.74, 6) is -10.7. The average Bonchev–Trinajstić information content (AvgIpc) is 3.41. The molecule has 2 aliphatic heterocycles. The molecular weight excluding hydrogens is 818 g/mol. The SMILES string of the molecule is CC(=O)OC[C@@]12[C@H](OC(C)=O)[C@H](OC(C)=O)[C@@H]3C(OC(C)=O)[C@@]14O[C@@]3(C)COC(=O)c1cccnc1CC[C@H](C)C(=O)O[C@@H]([C@H](OC(=O)c1ccccc1)[C@@H]2OC(C)=O)[C@]4(C)O. The molecule has 6 rings (SSSR count). The Morgan fingerprint density at radius 2 is 1.37 bits per heavy atom. The predicted octanol–water partition coefficient (Wildman–Crippen LogP) is 2.16. The van der Waals surface area contributed by atoms with Gasteiger partial charge < -0.3 is 47.7 Å². The molecule has 1 N–H and O–H groups in total. The number of cyclic esters (lactones) is 1. The Labute approximate surface area is 355 Å². The molecule has 12 atom stereocenters. The first-order valence-electron chi connectivity index (χ1n) is 19.9. The summed E-state index contributed by atoms with van der Waals surface area (Å²) in [5, 5.41) is 13.6. The summed E-state index contributed by atoms with van der Waals surface area (Å²) in [7, 11) is 0. The van der Waals surface area contributed by atoms with Crippen molar-refractivity contribution in [3.05, 3.63) is 65.5 Å². The van der Waals surface area contributed by atoms with Gasteiger partial charge in [-0.3, -0.25) is 33.8 Å². The van der Waals surface area contributed by atoms with Crippen LogP contribution >= 0.6 is 0 Å². The van der Waals surface area contributed by atoms with Gasteiger partial charge in [0.15, 0.2) is 30.0 Å². The summed E-state index contributed by atoms with van der Waals surface area (Å²) in [4.78, 5) is 113. The number of aliphatic hydroxyl groups is 1. The van der Waals surface area contributed by atoms with E-state index in [0.29, 0.717) is 0 Å². The summed E-state index contributed by atoms with van der Waals surface area (Å²) >= 11 is 0. The quantitative estimate of drug-likeness (QED) is 0.295. The van der Waals surface area contributed by atoms with E-state index < -0.39 is 132 Å². The smallest absolute Gasteiger partial charge is 0.340 e. The van der Waals surface area contributed by atoms with Gasteiger partial charge in [-0.15, -0.1) is 0 Å². The number of nitrogens with zero attached hydrogens (tertiary/aromatic N) is 1. The predicted molar refractivity (Wildman–Crippen MR) is 205 cm³/mol. The van der Waals surface area contributed by atoms with Gasteiger partial charge in [0.1, 0.15) is 42.0 Å². The third-order valence-electron chi connectivity index (χ3n) is 12.1. The van der Waals surface area contributed by atoms with Gasteiger partial charge in [0.05, 0.1) is 28.7 Å². The normalized spacial score (nSPS) is 35.0. The van der Waals surface area contributed by atoms with Crippen LogP contribution in [0.3, 0.4) is 0 Å². The summed E-state index contributed by atoms with van der Waals surface area (Å²) in [6, 6.07) is 10.4. The lowest BCUT2D eigenvalue weighted by Gasteiger charge is -2.67. The minimum absolute atomic E-state index is 0.0225. The van der Waals surface area contributed by atoms with Gasteiger partial charge >= 0.3 is 47.8 Å². The molecule has 1 unspecified atom stereocenters.